The molecule has 23 nitrogen and oxygen atoms in total. The molecule has 8 aromatic carbocycles. The van der Waals surface area contributed by atoms with Crippen molar-refractivity contribution < 1.29 is 53.1 Å². The summed E-state index contributed by atoms with van der Waals surface area (Å²) in [5.74, 6) is -6.43. The van der Waals surface area contributed by atoms with E-state index in [1.807, 2.05) is 224 Å². The van der Waals surface area contributed by atoms with Crippen LogP contribution >= 0.6 is 0 Å². The molecule has 0 bridgehead atoms. The van der Waals surface area contributed by atoms with Gasteiger partial charge >= 0.3 is 5.97 Å². The summed E-state index contributed by atoms with van der Waals surface area (Å²) in [6, 6.07) is 71.6. The number of carbonyl (C=O) groups excluding carboxylic acids is 9. The van der Waals surface area contributed by atoms with Crippen molar-refractivity contribution in [1.82, 2.24) is 44.5 Å². The Balaban J connectivity index is 1.02. The molecule has 8 rings (SSSR count). The van der Waals surface area contributed by atoms with Crippen LogP contribution in [0.3, 0.4) is 0 Å². The van der Waals surface area contributed by atoms with Crippen LogP contribution in [0.15, 0.2) is 224 Å². The van der Waals surface area contributed by atoms with E-state index < -0.39 is 99.6 Å². The number of nitrogens with one attached hydrogen (secondary N) is 1. The summed E-state index contributed by atoms with van der Waals surface area (Å²) < 4.78 is 0. The standard InChI is InChI=1S/C86H102N12O11/c1-66(99)58-91(49-41-69-27-33-75(34-28-69)72-21-11-4-12-22-72)79(101)60-96(54-44-86(108)109)81(103)62-93(51-39-67-17-7-2-8-18-67)80(102)61-95(53-43-71-31-37-77(38-32-71)74-25-15-6-16-26-74)83(105)65-98(56-47-89)85(107)63-94(52-40-68-19-9-3-10-20-68)82(104)64-97(55-46-88)84(106)59-92(78(100)57-90-48-45-87)50-42-70-29-35-76(36-30-70)73-23-13-5-14-24-73/h2-38,90H,39-65,87-89H2,1H3,(H,108,109). The zero-order valence-corrected chi connectivity index (χ0v) is 62.3. The van der Waals surface area contributed by atoms with Crippen molar-refractivity contribution in [2.45, 2.75) is 45.4 Å². The highest BCUT2D eigenvalue weighted by Gasteiger charge is 2.32. The van der Waals surface area contributed by atoms with Crippen LogP contribution < -0.4 is 22.5 Å². The van der Waals surface area contributed by atoms with Crippen LogP contribution in [-0.4, -0.2) is 241 Å². The summed E-state index contributed by atoms with van der Waals surface area (Å²) in [6.07, 6.45) is 1.03. The van der Waals surface area contributed by atoms with Crippen molar-refractivity contribution in [3.05, 3.63) is 252 Å². The van der Waals surface area contributed by atoms with Gasteiger partial charge in [-0.05, 0) is 100 Å². The normalized spacial score (nSPS) is 10.9. The maximum Gasteiger partial charge on any atom is 0.305 e. The Hall–Kier alpha value is -11.5. The van der Waals surface area contributed by atoms with Crippen LogP contribution in [0.5, 0.6) is 0 Å². The van der Waals surface area contributed by atoms with Gasteiger partial charge in [-0.2, -0.15) is 0 Å². The molecular formula is C86H102N12O11. The van der Waals surface area contributed by atoms with Gasteiger partial charge in [0.2, 0.25) is 47.3 Å². The van der Waals surface area contributed by atoms with E-state index in [0.717, 1.165) is 66.1 Å². The van der Waals surface area contributed by atoms with Crippen LogP contribution in [0.2, 0.25) is 0 Å². The fourth-order valence-corrected chi connectivity index (χ4v) is 12.5. The first kappa shape index (κ1) is 83.1. The highest BCUT2D eigenvalue weighted by molar-refractivity contribution is 5.94. The van der Waals surface area contributed by atoms with Crippen molar-refractivity contribution in [2.24, 2.45) is 17.2 Å². The lowest BCUT2D eigenvalue weighted by Gasteiger charge is -2.32. The lowest BCUT2D eigenvalue weighted by Crippen LogP contribution is -2.53. The maximum absolute atomic E-state index is 15.3. The van der Waals surface area contributed by atoms with Gasteiger partial charge in [0.05, 0.1) is 65.3 Å². The van der Waals surface area contributed by atoms with Gasteiger partial charge in [-0.25, -0.2) is 0 Å². The van der Waals surface area contributed by atoms with Crippen molar-refractivity contribution in [3.8, 4) is 33.4 Å². The molecule has 0 saturated heterocycles. The first-order valence-corrected chi connectivity index (χ1v) is 37.1. The number of aliphatic carboxylic acids is 1. The minimum absolute atomic E-state index is 0.00867. The third kappa shape index (κ3) is 28.0. The molecule has 0 aromatic heterocycles. The van der Waals surface area contributed by atoms with Gasteiger partial charge in [-0.15, -0.1) is 0 Å². The summed E-state index contributed by atoms with van der Waals surface area (Å²) in [4.78, 5) is 153. The molecular weight excluding hydrogens is 1380 g/mol. The van der Waals surface area contributed by atoms with Crippen molar-refractivity contribution in [1.29, 1.82) is 0 Å². The molecule has 8 N–H and O–H groups in total. The number of carbonyl (C=O) groups is 10. The predicted molar refractivity (Wildman–Crippen MR) is 423 cm³/mol. The van der Waals surface area contributed by atoms with Crippen molar-refractivity contribution in [2.75, 3.05) is 137 Å². The molecule has 0 atom stereocenters. The Morgan fingerprint density at radius 1 is 0.275 bits per heavy atom. The van der Waals surface area contributed by atoms with E-state index in [4.69, 9.17) is 17.2 Å². The molecule has 0 aliphatic rings. The first-order chi connectivity index (χ1) is 52.9. The molecule has 0 aliphatic heterocycles. The first-order valence-electron chi connectivity index (χ1n) is 37.1. The highest BCUT2D eigenvalue weighted by atomic mass is 16.4. The third-order valence-electron chi connectivity index (χ3n) is 18.7. The smallest absolute Gasteiger partial charge is 0.305 e. The Labute approximate surface area is 639 Å². The number of rotatable bonds is 45. The number of Topliss-reactive ketones (excluding diaryl/α,β-unsaturated/α-hetero) is 1. The number of ketones is 1. The number of carboxylic acid groups (broad SMARTS) is 1. The number of nitrogens with zero attached hydrogens (tertiary/aromatic N) is 8. The summed E-state index contributed by atoms with van der Waals surface area (Å²) in [5.41, 5.74) is 28.4. The number of hydrogen-bond donors (Lipinski definition) is 5. The number of hydrogen-bond acceptors (Lipinski definition) is 14. The van der Waals surface area contributed by atoms with Gasteiger partial charge < -0.3 is 66.8 Å². The van der Waals surface area contributed by atoms with E-state index >= 15 is 14.4 Å². The van der Waals surface area contributed by atoms with Crippen molar-refractivity contribution >= 4 is 59.0 Å². The van der Waals surface area contributed by atoms with Gasteiger partial charge in [0, 0.05) is 78.5 Å². The minimum atomic E-state index is -1.24. The quantitative estimate of drug-likeness (QED) is 0.0259. The van der Waals surface area contributed by atoms with Gasteiger partial charge in [-0.1, -0.05) is 224 Å². The number of nitrogens with two attached hydrogens (primary N) is 3. The van der Waals surface area contributed by atoms with E-state index in [-0.39, 0.29) is 110 Å². The minimum Gasteiger partial charge on any atom is -0.481 e. The van der Waals surface area contributed by atoms with Crippen LogP contribution in [0, 0.1) is 0 Å². The van der Waals surface area contributed by atoms with E-state index in [2.05, 4.69) is 5.32 Å². The van der Waals surface area contributed by atoms with Crippen LogP contribution in [0.1, 0.15) is 41.2 Å². The zero-order chi connectivity index (χ0) is 77.7. The molecule has 0 fully saturated rings. The molecule has 572 valence electrons. The molecule has 0 unspecified atom stereocenters. The van der Waals surface area contributed by atoms with Gasteiger partial charge in [-0.3, -0.25) is 47.9 Å². The fourth-order valence-electron chi connectivity index (χ4n) is 12.5. The van der Waals surface area contributed by atoms with Gasteiger partial charge in [0.15, 0.2) is 0 Å². The van der Waals surface area contributed by atoms with Crippen LogP contribution in [0.4, 0.5) is 0 Å². The number of benzene rings is 8. The molecule has 109 heavy (non-hydrogen) atoms. The second-order valence-corrected chi connectivity index (χ2v) is 26.8. The Morgan fingerprint density at radius 2 is 0.505 bits per heavy atom. The molecule has 23 heteroatoms. The molecule has 8 aromatic rings. The van der Waals surface area contributed by atoms with Crippen LogP contribution in [-0.2, 0) is 80.0 Å². The van der Waals surface area contributed by atoms with E-state index in [9.17, 15) is 38.7 Å². The lowest BCUT2D eigenvalue weighted by molar-refractivity contribution is -0.149. The Bertz CT molecular complexity index is 4200. The summed E-state index contributed by atoms with van der Waals surface area (Å²) in [6.45, 7) is -2.80. The van der Waals surface area contributed by atoms with Crippen LogP contribution in [0.25, 0.3) is 33.4 Å². The average Bonchev–Trinajstić information content (AvgIpc) is 0.873. The lowest BCUT2D eigenvalue weighted by atomic mass is 10.0. The Morgan fingerprint density at radius 3 is 0.761 bits per heavy atom. The van der Waals surface area contributed by atoms with Gasteiger partial charge in [0.1, 0.15) is 5.78 Å². The molecule has 0 heterocycles. The molecule has 8 amide bonds. The molecule has 0 radical (unpaired) electrons. The van der Waals surface area contributed by atoms with E-state index in [1.165, 1.54) is 41.2 Å². The topological polar surface area (TPSA) is 307 Å². The summed E-state index contributed by atoms with van der Waals surface area (Å²) >= 11 is 0. The SMILES string of the molecule is CC(=O)CN(CCc1ccc(-c2ccccc2)cc1)C(=O)CN(CCC(=O)O)C(=O)CN(CCc1ccccc1)C(=O)CN(CCc1ccc(-c2ccccc2)cc1)C(=O)CN(CCN)C(=O)CN(CCc1ccccc1)C(=O)CN(CCN)C(=O)CN(CCc1ccc(-c2ccccc2)cc1)C(=O)CNCCN. The molecule has 0 saturated carbocycles. The second-order valence-electron chi connectivity index (χ2n) is 26.8. The highest BCUT2D eigenvalue weighted by Crippen LogP contribution is 2.23. The van der Waals surface area contributed by atoms with E-state index in [1.54, 1.807) is 0 Å². The number of amides is 8. The monoisotopic (exact) mass is 1480 g/mol. The summed E-state index contributed by atoms with van der Waals surface area (Å²) in [5, 5.41) is 13.0. The predicted octanol–water partition coefficient (Wildman–Crippen LogP) is 6.36. The zero-order valence-electron chi connectivity index (χ0n) is 62.3. The molecule has 0 aliphatic carbocycles. The van der Waals surface area contributed by atoms with E-state index in [0.29, 0.717) is 25.8 Å². The second kappa shape index (κ2) is 44.6. The maximum atomic E-state index is 15.3. The van der Waals surface area contributed by atoms with Crippen molar-refractivity contribution in [3.63, 3.8) is 0 Å². The fraction of sp³-hybridized carbons (Fsp3) is 0.326. The molecule has 0 spiro atoms. The Kier molecular flexibility index (Phi) is 34.0. The largest absolute Gasteiger partial charge is 0.481 e. The summed E-state index contributed by atoms with van der Waals surface area (Å²) in [7, 11) is 0. The third-order valence-corrected chi connectivity index (χ3v) is 18.7. The van der Waals surface area contributed by atoms with Gasteiger partial charge in [0.25, 0.3) is 0 Å². The average molecular weight is 1480 g/mol. The number of carboxylic acids is 1.